The van der Waals surface area contributed by atoms with E-state index in [0.29, 0.717) is 32.7 Å². The molecular formula is C21H12Cl3F3N4O. The first-order valence-corrected chi connectivity index (χ1v) is 10.1. The Bertz CT molecular complexity index is 1320. The average Bonchev–Trinajstić information content (AvgIpc) is 3.13. The third kappa shape index (κ3) is 4.62. The van der Waals surface area contributed by atoms with Gasteiger partial charge in [0.25, 0.3) is 5.91 Å². The number of anilines is 3. The van der Waals surface area contributed by atoms with E-state index in [0.717, 1.165) is 18.2 Å². The summed E-state index contributed by atoms with van der Waals surface area (Å²) in [5, 5.41) is 6.18. The standard InChI is InChI=1S/C21H12Cl3F3N4O/c22-12-6-5-11(21(25,26)27)9-16(12)28-19(32)10-4-7-15-17(8-10)30-20(29-15)31-18-13(23)2-1-3-14(18)24/h1-9H,(H,28,32)(H2,29,30,31). The fraction of sp³-hybridized carbons (Fsp3) is 0.0476. The SMILES string of the molecule is O=C(Nc1cc(C(F)(F)F)ccc1Cl)c1ccc2nc(Nc3c(Cl)cccc3Cl)[nH]c2c1. The molecular weight excluding hydrogens is 488 g/mol. The van der Waals surface area contributed by atoms with E-state index in [2.05, 4.69) is 20.6 Å². The normalized spacial score (nSPS) is 11.6. The monoisotopic (exact) mass is 498 g/mol. The Morgan fingerprint density at radius 1 is 0.938 bits per heavy atom. The van der Waals surface area contributed by atoms with E-state index < -0.39 is 17.6 Å². The van der Waals surface area contributed by atoms with Crippen molar-refractivity contribution in [1.29, 1.82) is 0 Å². The van der Waals surface area contributed by atoms with Crippen LogP contribution in [0.25, 0.3) is 11.0 Å². The van der Waals surface area contributed by atoms with Gasteiger partial charge in [0.05, 0.1) is 43.0 Å². The van der Waals surface area contributed by atoms with Crippen LogP contribution in [-0.4, -0.2) is 15.9 Å². The number of benzene rings is 3. The predicted octanol–water partition coefficient (Wildman–Crippen LogP) is 7.54. The van der Waals surface area contributed by atoms with E-state index >= 15 is 0 Å². The number of aromatic amines is 1. The molecule has 5 nitrogen and oxygen atoms in total. The summed E-state index contributed by atoms with van der Waals surface area (Å²) in [7, 11) is 0. The Kier molecular flexibility index (Phi) is 5.94. The van der Waals surface area contributed by atoms with Crippen LogP contribution in [-0.2, 0) is 6.18 Å². The zero-order valence-corrected chi connectivity index (χ0v) is 18.1. The topological polar surface area (TPSA) is 69.8 Å². The molecule has 0 aliphatic rings. The second-order valence-corrected chi connectivity index (χ2v) is 7.91. The van der Waals surface area contributed by atoms with Gasteiger partial charge in [-0.1, -0.05) is 40.9 Å². The van der Waals surface area contributed by atoms with Gasteiger partial charge in [-0.3, -0.25) is 4.79 Å². The number of rotatable bonds is 4. The summed E-state index contributed by atoms with van der Waals surface area (Å²) in [6.45, 7) is 0. The maximum atomic E-state index is 13.0. The fourth-order valence-corrected chi connectivity index (χ4v) is 3.59. The lowest BCUT2D eigenvalue weighted by molar-refractivity contribution is -0.137. The van der Waals surface area contributed by atoms with Crippen LogP contribution in [0.2, 0.25) is 15.1 Å². The number of aromatic nitrogens is 2. The number of H-pyrrole nitrogens is 1. The number of para-hydroxylation sites is 1. The second kappa shape index (κ2) is 8.54. The van der Waals surface area contributed by atoms with Gasteiger partial charge >= 0.3 is 6.18 Å². The summed E-state index contributed by atoms with van der Waals surface area (Å²) in [4.78, 5) is 20.0. The van der Waals surface area contributed by atoms with Crippen molar-refractivity contribution in [2.24, 2.45) is 0 Å². The van der Waals surface area contributed by atoms with Crippen LogP contribution in [0, 0.1) is 0 Å². The highest BCUT2D eigenvalue weighted by molar-refractivity contribution is 6.39. The number of fused-ring (bicyclic) bond motifs is 1. The molecule has 0 bridgehead atoms. The van der Waals surface area contributed by atoms with Crippen molar-refractivity contribution >= 4 is 69.1 Å². The molecule has 1 heterocycles. The molecule has 4 rings (SSSR count). The quantitative estimate of drug-likeness (QED) is 0.272. The average molecular weight is 500 g/mol. The van der Waals surface area contributed by atoms with Gasteiger partial charge in [0.2, 0.25) is 5.95 Å². The summed E-state index contributed by atoms with van der Waals surface area (Å²) in [5.74, 6) is -0.292. The Morgan fingerprint density at radius 2 is 1.66 bits per heavy atom. The van der Waals surface area contributed by atoms with Crippen LogP contribution in [0.5, 0.6) is 0 Å². The van der Waals surface area contributed by atoms with Crippen molar-refractivity contribution in [1.82, 2.24) is 9.97 Å². The predicted molar refractivity (Wildman–Crippen MR) is 120 cm³/mol. The zero-order valence-electron chi connectivity index (χ0n) is 15.8. The lowest BCUT2D eigenvalue weighted by Crippen LogP contribution is -2.13. The first-order valence-electron chi connectivity index (χ1n) is 9.01. The number of imidazole rings is 1. The Hall–Kier alpha value is -2.94. The molecule has 4 aromatic rings. The molecule has 0 fully saturated rings. The fourth-order valence-electron chi connectivity index (χ4n) is 2.94. The van der Waals surface area contributed by atoms with Crippen LogP contribution < -0.4 is 10.6 Å². The van der Waals surface area contributed by atoms with Crippen molar-refractivity contribution < 1.29 is 18.0 Å². The van der Waals surface area contributed by atoms with E-state index in [4.69, 9.17) is 34.8 Å². The molecule has 0 saturated heterocycles. The lowest BCUT2D eigenvalue weighted by Gasteiger charge is -2.11. The van der Waals surface area contributed by atoms with Gasteiger partial charge in [0, 0.05) is 5.56 Å². The largest absolute Gasteiger partial charge is 0.416 e. The Morgan fingerprint density at radius 3 is 2.34 bits per heavy atom. The van der Waals surface area contributed by atoms with Crippen LogP contribution in [0.15, 0.2) is 54.6 Å². The van der Waals surface area contributed by atoms with Gasteiger partial charge in [-0.15, -0.1) is 0 Å². The molecule has 0 unspecified atom stereocenters. The van der Waals surface area contributed by atoms with Crippen LogP contribution in [0.3, 0.4) is 0 Å². The summed E-state index contributed by atoms with van der Waals surface area (Å²) in [5.41, 5.74) is 0.647. The van der Waals surface area contributed by atoms with Crippen molar-refractivity contribution in [3.8, 4) is 0 Å². The maximum absolute atomic E-state index is 13.0. The van der Waals surface area contributed by atoms with Crippen LogP contribution >= 0.6 is 34.8 Å². The highest BCUT2D eigenvalue weighted by Gasteiger charge is 2.31. The lowest BCUT2D eigenvalue weighted by atomic mass is 10.1. The Labute approximate surface area is 194 Å². The zero-order chi connectivity index (χ0) is 23.0. The molecule has 0 atom stereocenters. The molecule has 164 valence electrons. The smallest absolute Gasteiger partial charge is 0.324 e. The molecule has 1 amide bonds. The molecule has 0 aliphatic carbocycles. The first kappa shape index (κ1) is 22.3. The third-order valence-corrected chi connectivity index (χ3v) is 5.45. The van der Waals surface area contributed by atoms with Gasteiger partial charge in [-0.05, 0) is 48.5 Å². The number of nitrogens with one attached hydrogen (secondary N) is 3. The molecule has 0 radical (unpaired) electrons. The van der Waals surface area contributed by atoms with Gasteiger partial charge in [-0.25, -0.2) is 4.98 Å². The van der Waals surface area contributed by atoms with E-state index in [1.165, 1.54) is 12.1 Å². The minimum atomic E-state index is -4.56. The minimum absolute atomic E-state index is 0.0166. The molecule has 0 aliphatic heterocycles. The highest BCUT2D eigenvalue weighted by atomic mass is 35.5. The van der Waals surface area contributed by atoms with Crippen LogP contribution in [0.4, 0.5) is 30.5 Å². The molecule has 11 heteroatoms. The van der Waals surface area contributed by atoms with Gasteiger partial charge < -0.3 is 15.6 Å². The number of halogens is 6. The third-order valence-electron chi connectivity index (χ3n) is 4.49. The van der Waals surface area contributed by atoms with E-state index in [1.54, 1.807) is 24.3 Å². The summed E-state index contributed by atoms with van der Waals surface area (Å²) in [6.07, 6.45) is -4.56. The minimum Gasteiger partial charge on any atom is -0.324 e. The molecule has 3 aromatic carbocycles. The highest BCUT2D eigenvalue weighted by Crippen LogP contribution is 2.34. The van der Waals surface area contributed by atoms with Gasteiger partial charge in [-0.2, -0.15) is 13.2 Å². The number of hydrogen-bond acceptors (Lipinski definition) is 3. The first-order chi connectivity index (χ1) is 15.1. The van der Waals surface area contributed by atoms with Crippen molar-refractivity contribution in [2.75, 3.05) is 10.6 Å². The van der Waals surface area contributed by atoms with E-state index in [9.17, 15) is 18.0 Å². The van der Waals surface area contributed by atoms with Crippen LogP contribution in [0.1, 0.15) is 15.9 Å². The van der Waals surface area contributed by atoms with Crippen molar-refractivity contribution in [3.05, 3.63) is 80.8 Å². The number of hydrogen-bond donors (Lipinski definition) is 3. The van der Waals surface area contributed by atoms with Crippen molar-refractivity contribution in [3.63, 3.8) is 0 Å². The van der Waals surface area contributed by atoms with E-state index in [-0.39, 0.29) is 16.3 Å². The maximum Gasteiger partial charge on any atom is 0.416 e. The molecule has 32 heavy (non-hydrogen) atoms. The molecule has 0 spiro atoms. The van der Waals surface area contributed by atoms with Gasteiger partial charge in [0.15, 0.2) is 0 Å². The van der Waals surface area contributed by atoms with Crippen molar-refractivity contribution in [2.45, 2.75) is 6.18 Å². The summed E-state index contributed by atoms with van der Waals surface area (Å²) < 4.78 is 38.9. The number of carbonyl (C=O) groups is 1. The molecule has 1 aromatic heterocycles. The second-order valence-electron chi connectivity index (χ2n) is 6.69. The molecule has 3 N–H and O–H groups in total. The molecule has 0 saturated carbocycles. The summed E-state index contributed by atoms with van der Waals surface area (Å²) >= 11 is 18.3. The van der Waals surface area contributed by atoms with Gasteiger partial charge in [0.1, 0.15) is 0 Å². The number of amides is 1. The summed E-state index contributed by atoms with van der Waals surface area (Å²) in [6, 6.07) is 12.3. The number of nitrogens with zero attached hydrogens (tertiary/aromatic N) is 1. The number of alkyl halides is 3. The van der Waals surface area contributed by atoms with E-state index in [1.807, 2.05) is 0 Å². The Balaban J connectivity index is 1.59. The number of carbonyl (C=O) groups excluding carboxylic acids is 1.